The van der Waals surface area contributed by atoms with Gasteiger partial charge in [0.25, 0.3) is 0 Å². The largest absolute Gasteiger partial charge is 0.396 e. The van der Waals surface area contributed by atoms with E-state index in [0.29, 0.717) is 12.5 Å². The number of nitrogens with zero attached hydrogens (tertiary/aromatic N) is 4. The van der Waals surface area contributed by atoms with Crippen molar-refractivity contribution in [3.8, 4) is 0 Å². The van der Waals surface area contributed by atoms with Gasteiger partial charge in [-0.25, -0.2) is 4.98 Å². The summed E-state index contributed by atoms with van der Waals surface area (Å²) >= 11 is 0. The third-order valence-electron chi connectivity index (χ3n) is 4.45. The number of anilines is 2. The standard InChI is InChI=1S/C17H25N5O/c1-2-22-12-15(11-20-22)10-19-16-4-3-7-18-17(16)21-8-5-14(13-23)6-9-21/h3-4,7,11-12,14,19,23H,2,5-6,8-10,13H2,1H3. The maximum Gasteiger partial charge on any atom is 0.151 e. The maximum atomic E-state index is 9.28. The molecule has 0 atom stereocenters. The van der Waals surface area contributed by atoms with Crippen molar-refractivity contribution >= 4 is 11.5 Å². The van der Waals surface area contributed by atoms with Crippen LogP contribution < -0.4 is 10.2 Å². The van der Waals surface area contributed by atoms with Crippen LogP contribution in [0.5, 0.6) is 0 Å². The summed E-state index contributed by atoms with van der Waals surface area (Å²) in [4.78, 5) is 6.88. The van der Waals surface area contributed by atoms with E-state index in [9.17, 15) is 5.11 Å². The summed E-state index contributed by atoms with van der Waals surface area (Å²) in [6.07, 6.45) is 7.86. The first-order valence-corrected chi connectivity index (χ1v) is 8.36. The molecule has 1 aliphatic rings. The molecule has 0 unspecified atom stereocenters. The summed E-state index contributed by atoms with van der Waals surface area (Å²) in [7, 11) is 0. The predicted octanol–water partition coefficient (Wildman–Crippen LogP) is 2.12. The van der Waals surface area contributed by atoms with Crippen molar-refractivity contribution in [2.24, 2.45) is 5.92 Å². The van der Waals surface area contributed by atoms with Crippen LogP contribution in [0, 0.1) is 5.92 Å². The van der Waals surface area contributed by atoms with Crippen molar-refractivity contribution in [2.45, 2.75) is 32.9 Å². The van der Waals surface area contributed by atoms with Crippen LogP contribution in [0.1, 0.15) is 25.3 Å². The molecule has 0 saturated carbocycles. The zero-order valence-corrected chi connectivity index (χ0v) is 13.6. The van der Waals surface area contributed by atoms with Gasteiger partial charge in [-0.3, -0.25) is 4.68 Å². The van der Waals surface area contributed by atoms with Crippen LogP contribution in [-0.2, 0) is 13.1 Å². The zero-order chi connectivity index (χ0) is 16.1. The number of hydrogen-bond acceptors (Lipinski definition) is 5. The minimum absolute atomic E-state index is 0.294. The van der Waals surface area contributed by atoms with Gasteiger partial charge in [-0.15, -0.1) is 0 Å². The number of aliphatic hydroxyl groups excluding tert-OH is 1. The van der Waals surface area contributed by atoms with Crippen molar-refractivity contribution in [1.29, 1.82) is 0 Å². The third-order valence-corrected chi connectivity index (χ3v) is 4.45. The fraction of sp³-hybridized carbons (Fsp3) is 0.529. The molecule has 2 aromatic rings. The minimum Gasteiger partial charge on any atom is -0.396 e. The highest BCUT2D eigenvalue weighted by molar-refractivity contribution is 5.65. The molecule has 0 aliphatic carbocycles. The Balaban J connectivity index is 1.66. The lowest BCUT2D eigenvalue weighted by Gasteiger charge is -2.33. The highest BCUT2D eigenvalue weighted by atomic mass is 16.3. The van der Waals surface area contributed by atoms with Crippen molar-refractivity contribution in [3.05, 3.63) is 36.3 Å². The van der Waals surface area contributed by atoms with E-state index in [1.54, 1.807) is 0 Å². The number of hydrogen-bond donors (Lipinski definition) is 2. The molecule has 23 heavy (non-hydrogen) atoms. The van der Waals surface area contributed by atoms with Crippen LogP contribution in [0.2, 0.25) is 0 Å². The molecule has 1 saturated heterocycles. The highest BCUT2D eigenvalue weighted by Gasteiger charge is 2.21. The van der Waals surface area contributed by atoms with Gasteiger partial charge in [0, 0.05) is 50.7 Å². The molecule has 1 aliphatic heterocycles. The van der Waals surface area contributed by atoms with Crippen molar-refractivity contribution in [3.63, 3.8) is 0 Å². The molecule has 0 bridgehead atoms. The zero-order valence-electron chi connectivity index (χ0n) is 13.6. The van der Waals surface area contributed by atoms with Gasteiger partial charge < -0.3 is 15.3 Å². The predicted molar refractivity (Wildman–Crippen MR) is 91.5 cm³/mol. The Kier molecular flexibility index (Phi) is 5.12. The van der Waals surface area contributed by atoms with E-state index in [0.717, 1.165) is 50.5 Å². The Morgan fingerprint density at radius 3 is 2.87 bits per heavy atom. The molecule has 2 aromatic heterocycles. The van der Waals surface area contributed by atoms with E-state index < -0.39 is 0 Å². The average molecular weight is 315 g/mol. The van der Waals surface area contributed by atoms with Gasteiger partial charge in [-0.1, -0.05) is 0 Å². The lowest BCUT2D eigenvalue weighted by molar-refractivity contribution is 0.203. The van der Waals surface area contributed by atoms with Crippen LogP contribution in [0.25, 0.3) is 0 Å². The molecule has 2 N–H and O–H groups in total. The number of nitrogens with one attached hydrogen (secondary N) is 1. The van der Waals surface area contributed by atoms with Crippen molar-refractivity contribution in [1.82, 2.24) is 14.8 Å². The fourth-order valence-electron chi connectivity index (χ4n) is 2.98. The van der Waals surface area contributed by atoms with E-state index in [-0.39, 0.29) is 0 Å². The normalized spacial score (nSPS) is 15.8. The van der Waals surface area contributed by atoms with Gasteiger partial charge in [0.15, 0.2) is 5.82 Å². The maximum absolute atomic E-state index is 9.28. The number of aliphatic hydroxyl groups is 1. The van der Waals surface area contributed by atoms with Crippen LogP contribution in [-0.4, -0.2) is 39.6 Å². The molecular formula is C17H25N5O. The van der Waals surface area contributed by atoms with E-state index in [2.05, 4.69) is 39.5 Å². The first-order chi connectivity index (χ1) is 11.3. The molecular weight excluding hydrogens is 290 g/mol. The fourth-order valence-corrected chi connectivity index (χ4v) is 2.98. The summed E-state index contributed by atoms with van der Waals surface area (Å²) < 4.78 is 1.93. The van der Waals surface area contributed by atoms with Gasteiger partial charge >= 0.3 is 0 Å². The SMILES string of the molecule is CCn1cc(CNc2cccnc2N2CCC(CO)CC2)cn1. The van der Waals surface area contributed by atoms with Gasteiger partial charge in [-0.2, -0.15) is 5.10 Å². The summed E-state index contributed by atoms with van der Waals surface area (Å²) in [6.45, 7) is 5.90. The molecule has 1 fully saturated rings. The van der Waals surface area contributed by atoms with Gasteiger partial charge in [0.2, 0.25) is 0 Å². The van der Waals surface area contributed by atoms with Crippen LogP contribution in [0.15, 0.2) is 30.7 Å². The molecule has 0 amide bonds. The summed E-state index contributed by atoms with van der Waals surface area (Å²) in [5.74, 6) is 1.44. The van der Waals surface area contributed by atoms with Crippen LogP contribution in [0.3, 0.4) is 0 Å². The highest BCUT2D eigenvalue weighted by Crippen LogP contribution is 2.27. The first kappa shape index (κ1) is 15.8. The monoisotopic (exact) mass is 315 g/mol. The molecule has 0 spiro atoms. The second-order valence-electron chi connectivity index (χ2n) is 6.05. The number of aryl methyl sites for hydroxylation is 1. The van der Waals surface area contributed by atoms with E-state index in [1.165, 1.54) is 5.56 Å². The first-order valence-electron chi connectivity index (χ1n) is 8.36. The Morgan fingerprint density at radius 1 is 1.35 bits per heavy atom. The molecule has 0 radical (unpaired) electrons. The molecule has 3 rings (SSSR count). The second-order valence-corrected chi connectivity index (χ2v) is 6.05. The van der Waals surface area contributed by atoms with E-state index >= 15 is 0 Å². The van der Waals surface area contributed by atoms with Gasteiger partial charge in [0.1, 0.15) is 0 Å². The van der Waals surface area contributed by atoms with Crippen LogP contribution in [0.4, 0.5) is 11.5 Å². The summed E-state index contributed by atoms with van der Waals surface area (Å²) in [6, 6.07) is 4.03. The summed E-state index contributed by atoms with van der Waals surface area (Å²) in [5, 5.41) is 17.1. The Bertz CT molecular complexity index is 619. The number of rotatable bonds is 6. The van der Waals surface area contributed by atoms with E-state index in [1.807, 2.05) is 23.1 Å². The number of aromatic nitrogens is 3. The smallest absolute Gasteiger partial charge is 0.151 e. The van der Waals surface area contributed by atoms with Crippen LogP contribution >= 0.6 is 0 Å². The average Bonchev–Trinajstić information content (AvgIpc) is 3.08. The Hall–Kier alpha value is -2.08. The molecule has 124 valence electrons. The second kappa shape index (κ2) is 7.46. The summed E-state index contributed by atoms with van der Waals surface area (Å²) in [5.41, 5.74) is 2.22. The molecule has 3 heterocycles. The van der Waals surface area contributed by atoms with Gasteiger partial charge in [-0.05, 0) is 37.8 Å². The lowest BCUT2D eigenvalue weighted by atomic mass is 9.98. The van der Waals surface area contributed by atoms with E-state index in [4.69, 9.17) is 0 Å². The Morgan fingerprint density at radius 2 is 2.17 bits per heavy atom. The molecule has 6 heteroatoms. The molecule has 0 aromatic carbocycles. The van der Waals surface area contributed by atoms with Crippen molar-refractivity contribution < 1.29 is 5.11 Å². The lowest BCUT2D eigenvalue weighted by Crippen LogP contribution is -2.35. The third kappa shape index (κ3) is 3.82. The number of piperidine rings is 1. The topological polar surface area (TPSA) is 66.2 Å². The van der Waals surface area contributed by atoms with Gasteiger partial charge in [0.05, 0.1) is 11.9 Å². The Labute approximate surface area is 137 Å². The molecule has 6 nitrogen and oxygen atoms in total. The quantitative estimate of drug-likeness (QED) is 0.855. The minimum atomic E-state index is 0.294. The number of pyridine rings is 1. The van der Waals surface area contributed by atoms with Crippen molar-refractivity contribution in [2.75, 3.05) is 29.9 Å².